The van der Waals surface area contributed by atoms with Gasteiger partial charge in [0.15, 0.2) is 5.82 Å². The first-order valence-electron chi connectivity index (χ1n) is 8.29. The van der Waals surface area contributed by atoms with E-state index in [4.69, 9.17) is 9.26 Å². The second-order valence-corrected chi connectivity index (χ2v) is 6.37. The van der Waals surface area contributed by atoms with Gasteiger partial charge in [0.25, 0.3) is 5.89 Å². The van der Waals surface area contributed by atoms with Gasteiger partial charge in [-0.2, -0.15) is 4.98 Å². The molecule has 1 aromatic heterocycles. The molecule has 3 rings (SSSR count). The summed E-state index contributed by atoms with van der Waals surface area (Å²) in [4.78, 5) is 18.6. The van der Waals surface area contributed by atoms with Crippen molar-refractivity contribution in [3.05, 3.63) is 47.6 Å². The van der Waals surface area contributed by atoms with Crippen LogP contribution < -0.4 is 0 Å². The SMILES string of the molecule is Cc1noc(COCC(=O)N2[C@H](C)C[C@H](c3ccccc3)[C@@H]2C)n1. The summed E-state index contributed by atoms with van der Waals surface area (Å²) >= 11 is 0. The highest BCUT2D eigenvalue weighted by Crippen LogP contribution is 2.37. The summed E-state index contributed by atoms with van der Waals surface area (Å²) in [6.45, 7) is 6.14. The third kappa shape index (κ3) is 3.48. The Labute approximate surface area is 141 Å². The van der Waals surface area contributed by atoms with Crippen molar-refractivity contribution in [1.29, 1.82) is 0 Å². The van der Waals surface area contributed by atoms with Gasteiger partial charge >= 0.3 is 0 Å². The van der Waals surface area contributed by atoms with E-state index in [1.165, 1.54) is 5.56 Å². The number of ether oxygens (including phenoxy) is 1. The Morgan fingerprint density at radius 3 is 2.75 bits per heavy atom. The highest BCUT2D eigenvalue weighted by molar-refractivity contribution is 5.78. The van der Waals surface area contributed by atoms with E-state index >= 15 is 0 Å². The minimum absolute atomic E-state index is 0.00432. The summed E-state index contributed by atoms with van der Waals surface area (Å²) in [5.74, 6) is 1.32. The third-order valence-corrected chi connectivity index (χ3v) is 4.63. The lowest BCUT2D eigenvalue weighted by molar-refractivity contribution is -0.139. The van der Waals surface area contributed by atoms with Crippen molar-refractivity contribution in [2.75, 3.05) is 6.61 Å². The van der Waals surface area contributed by atoms with E-state index < -0.39 is 0 Å². The molecule has 1 aliphatic heterocycles. The number of amides is 1. The largest absolute Gasteiger partial charge is 0.362 e. The van der Waals surface area contributed by atoms with E-state index in [2.05, 4.69) is 36.1 Å². The van der Waals surface area contributed by atoms with Crippen LogP contribution in [-0.2, 0) is 16.1 Å². The lowest BCUT2D eigenvalue weighted by Gasteiger charge is -2.27. The Morgan fingerprint density at radius 1 is 1.33 bits per heavy atom. The lowest BCUT2D eigenvalue weighted by Crippen LogP contribution is -2.41. The van der Waals surface area contributed by atoms with E-state index in [9.17, 15) is 4.79 Å². The molecule has 1 fully saturated rings. The smallest absolute Gasteiger partial charge is 0.252 e. The fourth-order valence-corrected chi connectivity index (χ4v) is 3.56. The topological polar surface area (TPSA) is 68.5 Å². The lowest BCUT2D eigenvalue weighted by atomic mass is 9.92. The summed E-state index contributed by atoms with van der Waals surface area (Å²) in [5, 5.41) is 3.70. The van der Waals surface area contributed by atoms with Crippen molar-refractivity contribution >= 4 is 5.91 Å². The fourth-order valence-electron chi connectivity index (χ4n) is 3.56. The molecular formula is C18H23N3O3. The Hall–Kier alpha value is -2.21. The molecule has 0 N–H and O–H groups in total. The van der Waals surface area contributed by atoms with E-state index in [0.29, 0.717) is 17.6 Å². The fraction of sp³-hybridized carbons (Fsp3) is 0.500. The predicted octanol–water partition coefficient (Wildman–Crippen LogP) is 2.69. The van der Waals surface area contributed by atoms with E-state index in [1.807, 2.05) is 23.1 Å². The average Bonchev–Trinajstić information content (AvgIpc) is 3.11. The van der Waals surface area contributed by atoms with Crippen LogP contribution in [0.25, 0.3) is 0 Å². The molecule has 0 aliphatic carbocycles. The van der Waals surface area contributed by atoms with Crippen molar-refractivity contribution in [2.24, 2.45) is 0 Å². The monoisotopic (exact) mass is 329 g/mol. The van der Waals surface area contributed by atoms with Gasteiger partial charge in [-0.25, -0.2) is 0 Å². The van der Waals surface area contributed by atoms with Crippen LogP contribution in [0.15, 0.2) is 34.9 Å². The summed E-state index contributed by atoms with van der Waals surface area (Å²) in [6, 6.07) is 10.7. The van der Waals surface area contributed by atoms with Gasteiger partial charge in [-0.15, -0.1) is 0 Å². The maximum absolute atomic E-state index is 12.6. The number of nitrogens with zero attached hydrogens (tertiary/aromatic N) is 3. The normalized spacial score (nSPS) is 23.6. The molecule has 1 amide bonds. The zero-order valence-electron chi connectivity index (χ0n) is 14.3. The van der Waals surface area contributed by atoms with Gasteiger partial charge in [0.2, 0.25) is 5.91 Å². The Morgan fingerprint density at radius 2 is 2.08 bits per heavy atom. The second-order valence-electron chi connectivity index (χ2n) is 6.37. The van der Waals surface area contributed by atoms with Crippen LogP contribution in [0.1, 0.15) is 43.5 Å². The van der Waals surface area contributed by atoms with Gasteiger partial charge in [-0.1, -0.05) is 35.5 Å². The van der Waals surface area contributed by atoms with Gasteiger partial charge in [-0.05, 0) is 32.8 Å². The van der Waals surface area contributed by atoms with Gasteiger partial charge < -0.3 is 14.2 Å². The predicted molar refractivity (Wildman–Crippen MR) is 88.3 cm³/mol. The molecule has 6 nitrogen and oxygen atoms in total. The van der Waals surface area contributed by atoms with Gasteiger partial charge in [0.1, 0.15) is 13.2 Å². The maximum atomic E-state index is 12.6. The van der Waals surface area contributed by atoms with Crippen LogP contribution in [0.2, 0.25) is 0 Å². The van der Waals surface area contributed by atoms with Crippen molar-refractivity contribution < 1.29 is 14.1 Å². The highest BCUT2D eigenvalue weighted by Gasteiger charge is 2.39. The van der Waals surface area contributed by atoms with Crippen LogP contribution in [0.4, 0.5) is 0 Å². The van der Waals surface area contributed by atoms with Crippen LogP contribution in [-0.4, -0.2) is 39.6 Å². The number of likely N-dealkylation sites (tertiary alicyclic amines) is 1. The van der Waals surface area contributed by atoms with E-state index in [1.54, 1.807) is 6.92 Å². The Balaban J connectivity index is 1.58. The molecule has 0 radical (unpaired) electrons. The van der Waals surface area contributed by atoms with Crippen molar-refractivity contribution in [3.8, 4) is 0 Å². The average molecular weight is 329 g/mol. The first-order valence-corrected chi connectivity index (χ1v) is 8.29. The number of benzene rings is 1. The molecule has 1 aliphatic rings. The molecule has 0 unspecified atom stereocenters. The number of carbonyl (C=O) groups is 1. The molecule has 0 bridgehead atoms. The zero-order valence-corrected chi connectivity index (χ0v) is 14.3. The molecule has 6 heteroatoms. The number of aryl methyl sites for hydroxylation is 1. The molecule has 2 heterocycles. The highest BCUT2D eigenvalue weighted by atomic mass is 16.5. The standard InChI is InChI=1S/C18H23N3O3/c1-12-9-16(15-7-5-4-6-8-15)13(2)21(12)18(22)11-23-10-17-19-14(3)20-24-17/h4-8,12-13,16H,9-11H2,1-3H3/t12-,13+,16+/m1/s1. The second kappa shape index (κ2) is 7.13. The minimum atomic E-state index is 0.00432. The molecule has 2 aromatic rings. The van der Waals surface area contributed by atoms with Gasteiger partial charge in [-0.3, -0.25) is 4.79 Å². The molecule has 1 aromatic carbocycles. The number of hydrogen-bond donors (Lipinski definition) is 0. The van der Waals surface area contributed by atoms with Crippen LogP contribution in [0.5, 0.6) is 0 Å². The molecule has 3 atom stereocenters. The summed E-state index contributed by atoms with van der Waals surface area (Å²) in [5.41, 5.74) is 1.29. The Kier molecular flexibility index (Phi) is 4.94. The molecule has 24 heavy (non-hydrogen) atoms. The quantitative estimate of drug-likeness (QED) is 0.843. The summed E-state index contributed by atoms with van der Waals surface area (Å²) in [6.07, 6.45) is 0.972. The summed E-state index contributed by atoms with van der Waals surface area (Å²) in [7, 11) is 0. The number of hydrogen-bond acceptors (Lipinski definition) is 5. The Bertz CT molecular complexity index is 686. The minimum Gasteiger partial charge on any atom is -0.362 e. The number of aromatic nitrogens is 2. The number of rotatable bonds is 5. The van der Waals surface area contributed by atoms with E-state index in [0.717, 1.165) is 6.42 Å². The van der Waals surface area contributed by atoms with E-state index in [-0.39, 0.29) is 31.2 Å². The molecule has 1 saturated heterocycles. The first-order chi connectivity index (χ1) is 11.6. The van der Waals surface area contributed by atoms with Crippen molar-refractivity contribution in [1.82, 2.24) is 15.0 Å². The maximum Gasteiger partial charge on any atom is 0.252 e. The van der Waals surface area contributed by atoms with Crippen LogP contribution in [0.3, 0.4) is 0 Å². The molecule has 0 spiro atoms. The van der Waals surface area contributed by atoms with Crippen LogP contribution in [0, 0.1) is 6.92 Å². The molecular weight excluding hydrogens is 306 g/mol. The molecule has 0 saturated carbocycles. The van der Waals surface area contributed by atoms with Crippen LogP contribution >= 0.6 is 0 Å². The van der Waals surface area contributed by atoms with Crippen molar-refractivity contribution in [3.63, 3.8) is 0 Å². The zero-order chi connectivity index (χ0) is 17.1. The van der Waals surface area contributed by atoms with Gasteiger partial charge in [0.05, 0.1) is 0 Å². The summed E-state index contributed by atoms with van der Waals surface area (Å²) < 4.78 is 10.4. The first kappa shape index (κ1) is 16.6. The third-order valence-electron chi connectivity index (χ3n) is 4.63. The van der Waals surface area contributed by atoms with Gasteiger partial charge in [0, 0.05) is 18.0 Å². The van der Waals surface area contributed by atoms with Crippen molar-refractivity contribution in [2.45, 2.75) is 51.8 Å². The molecule has 128 valence electrons. The number of carbonyl (C=O) groups excluding carboxylic acids is 1.